The Labute approximate surface area is 207 Å². The fourth-order valence-electron chi connectivity index (χ4n) is 4.04. The van der Waals surface area contributed by atoms with Crippen LogP contribution in [0.5, 0.6) is 0 Å². The van der Waals surface area contributed by atoms with E-state index >= 15 is 0 Å². The molecule has 176 valence electrons. The summed E-state index contributed by atoms with van der Waals surface area (Å²) in [5, 5.41) is 7.85. The lowest BCUT2D eigenvalue weighted by atomic mass is 10.0. The van der Waals surface area contributed by atoms with Crippen molar-refractivity contribution in [3.05, 3.63) is 105 Å². The summed E-state index contributed by atoms with van der Waals surface area (Å²) >= 11 is 6.02. The number of aromatic nitrogens is 4. The van der Waals surface area contributed by atoms with Gasteiger partial charge in [-0.15, -0.1) is 5.10 Å². The summed E-state index contributed by atoms with van der Waals surface area (Å²) < 4.78 is 3.11. The van der Waals surface area contributed by atoms with Gasteiger partial charge in [0.05, 0.1) is 17.6 Å². The smallest absolute Gasteiger partial charge is 0.296 e. The summed E-state index contributed by atoms with van der Waals surface area (Å²) in [6.45, 7) is 6.52. The molecule has 0 aliphatic rings. The second-order valence-corrected chi connectivity index (χ2v) is 9.35. The third-order valence-corrected chi connectivity index (χ3v) is 6.24. The topological polar surface area (TPSA) is 81.3 Å². The summed E-state index contributed by atoms with van der Waals surface area (Å²) in [6, 6.07) is 20.8. The highest BCUT2D eigenvalue weighted by atomic mass is 35.5. The van der Waals surface area contributed by atoms with Crippen LogP contribution in [-0.4, -0.2) is 25.1 Å². The number of carbonyl (C=O) groups is 1. The van der Waals surface area contributed by atoms with Crippen LogP contribution in [-0.2, 0) is 6.54 Å². The largest absolute Gasteiger partial charge is 0.319 e. The average molecular weight is 486 g/mol. The van der Waals surface area contributed by atoms with Crippen LogP contribution in [0.25, 0.3) is 16.7 Å². The molecule has 2 aromatic heterocycles. The molecule has 5 rings (SSSR count). The van der Waals surface area contributed by atoms with E-state index in [0.29, 0.717) is 34.2 Å². The monoisotopic (exact) mass is 485 g/mol. The molecule has 35 heavy (non-hydrogen) atoms. The number of amides is 1. The van der Waals surface area contributed by atoms with Crippen molar-refractivity contribution in [2.45, 2.75) is 33.2 Å². The number of hydrogen-bond acceptors (Lipinski definition) is 4. The van der Waals surface area contributed by atoms with Gasteiger partial charge in [0.1, 0.15) is 0 Å². The first kappa shape index (κ1) is 22.8. The Bertz CT molecular complexity index is 1620. The van der Waals surface area contributed by atoms with E-state index in [1.807, 2.05) is 61.5 Å². The molecule has 0 aliphatic carbocycles. The molecule has 0 saturated heterocycles. The summed E-state index contributed by atoms with van der Waals surface area (Å²) in [6.07, 6.45) is 0. The molecule has 0 saturated carbocycles. The number of nitrogens with one attached hydrogen (secondary N) is 1. The van der Waals surface area contributed by atoms with Gasteiger partial charge in [-0.3, -0.25) is 14.2 Å². The van der Waals surface area contributed by atoms with Crippen molar-refractivity contribution in [2.75, 3.05) is 5.32 Å². The predicted octanol–water partition coefficient (Wildman–Crippen LogP) is 5.43. The van der Waals surface area contributed by atoms with Gasteiger partial charge >= 0.3 is 0 Å². The van der Waals surface area contributed by atoms with Crippen molar-refractivity contribution in [2.24, 2.45) is 0 Å². The van der Waals surface area contributed by atoms with E-state index in [2.05, 4.69) is 29.2 Å². The molecule has 3 aromatic carbocycles. The van der Waals surface area contributed by atoms with Crippen LogP contribution in [0.15, 0.2) is 71.5 Å². The number of hydrogen-bond donors (Lipinski definition) is 1. The molecule has 5 aromatic rings. The van der Waals surface area contributed by atoms with Crippen LogP contribution in [0.3, 0.4) is 0 Å². The van der Waals surface area contributed by atoms with E-state index in [1.165, 1.54) is 10.1 Å². The zero-order valence-corrected chi connectivity index (χ0v) is 20.4. The van der Waals surface area contributed by atoms with Gasteiger partial charge in [0.25, 0.3) is 11.5 Å². The van der Waals surface area contributed by atoms with Gasteiger partial charge in [0, 0.05) is 10.7 Å². The second kappa shape index (κ2) is 9.00. The van der Waals surface area contributed by atoms with Crippen LogP contribution < -0.4 is 10.9 Å². The number of anilines is 1. The molecule has 0 aliphatic heterocycles. The van der Waals surface area contributed by atoms with E-state index in [9.17, 15) is 9.59 Å². The number of nitrogens with zero attached hydrogens (tertiary/aromatic N) is 4. The molecule has 1 N–H and O–H groups in total. The third-order valence-electron chi connectivity index (χ3n) is 5.99. The minimum absolute atomic E-state index is 0.0684. The molecule has 0 unspecified atom stereocenters. The van der Waals surface area contributed by atoms with Gasteiger partial charge in [-0.1, -0.05) is 55.8 Å². The quantitative estimate of drug-likeness (QED) is 0.360. The number of fused-ring (bicyclic) bond motifs is 3. The average Bonchev–Trinajstić information content (AvgIpc) is 3.29. The van der Waals surface area contributed by atoms with Crippen LogP contribution in [0.4, 0.5) is 5.69 Å². The number of aryl methyl sites for hydroxylation is 1. The Morgan fingerprint density at radius 2 is 1.71 bits per heavy atom. The number of halogens is 1. The van der Waals surface area contributed by atoms with E-state index in [1.54, 1.807) is 16.7 Å². The molecule has 8 heteroatoms. The lowest BCUT2D eigenvalue weighted by Gasteiger charge is -2.12. The molecular weight excluding hydrogens is 462 g/mol. The molecule has 0 spiro atoms. The Hall–Kier alpha value is -3.97. The zero-order chi connectivity index (χ0) is 24.7. The zero-order valence-electron chi connectivity index (χ0n) is 19.6. The van der Waals surface area contributed by atoms with Crippen molar-refractivity contribution in [1.29, 1.82) is 0 Å². The molecule has 2 heterocycles. The third kappa shape index (κ3) is 4.42. The molecule has 7 nitrogen and oxygen atoms in total. The maximum Gasteiger partial charge on any atom is 0.296 e. The number of benzene rings is 3. The molecule has 0 bridgehead atoms. The molecule has 0 atom stereocenters. The lowest BCUT2D eigenvalue weighted by molar-refractivity contribution is 0.101. The van der Waals surface area contributed by atoms with Crippen molar-refractivity contribution >= 4 is 39.9 Å². The highest BCUT2D eigenvalue weighted by molar-refractivity contribution is 6.30. The van der Waals surface area contributed by atoms with Gasteiger partial charge in [0.2, 0.25) is 11.5 Å². The fraction of sp³-hybridized carbons (Fsp3) is 0.185. The first-order valence-corrected chi connectivity index (χ1v) is 11.7. The summed E-state index contributed by atoms with van der Waals surface area (Å²) in [5.41, 5.74) is 4.90. The Morgan fingerprint density at radius 1 is 1.00 bits per heavy atom. The van der Waals surface area contributed by atoms with Crippen molar-refractivity contribution in [1.82, 2.24) is 19.2 Å². The maximum atomic E-state index is 13.5. The Morgan fingerprint density at radius 3 is 2.40 bits per heavy atom. The van der Waals surface area contributed by atoms with Crippen molar-refractivity contribution in [3.8, 4) is 0 Å². The van der Waals surface area contributed by atoms with Gasteiger partial charge in [-0.2, -0.15) is 4.98 Å². The first-order valence-electron chi connectivity index (χ1n) is 11.4. The van der Waals surface area contributed by atoms with Crippen molar-refractivity contribution < 1.29 is 4.79 Å². The first-order chi connectivity index (χ1) is 16.8. The van der Waals surface area contributed by atoms with E-state index in [4.69, 9.17) is 11.6 Å². The van der Waals surface area contributed by atoms with Crippen LogP contribution in [0, 0.1) is 6.92 Å². The highest BCUT2D eigenvalue weighted by Crippen LogP contribution is 2.20. The van der Waals surface area contributed by atoms with Crippen molar-refractivity contribution in [3.63, 3.8) is 0 Å². The van der Waals surface area contributed by atoms with Gasteiger partial charge in [-0.25, -0.2) is 4.52 Å². The Kier molecular flexibility index (Phi) is 5.86. The second-order valence-electron chi connectivity index (χ2n) is 8.91. The molecular formula is C27H24ClN5O2. The van der Waals surface area contributed by atoms with E-state index < -0.39 is 5.91 Å². The minimum atomic E-state index is -0.477. The lowest BCUT2D eigenvalue weighted by Crippen LogP contribution is -2.24. The van der Waals surface area contributed by atoms with Crippen LogP contribution in [0.1, 0.15) is 47.1 Å². The van der Waals surface area contributed by atoms with Gasteiger partial charge in [-0.05, 0) is 65.9 Å². The number of carbonyl (C=O) groups excluding carboxylic acids is 1. The van der Waals surface area contributed by atoms with Gasteiger partial charge < -0.3 is 5.32 Å². The standard InChI is InChI=1S/C27H24ClN5O2/c1-16(2)19-7-11-21(12-8-19)29-26(34)24-30-25-27(35)32(15-18-5-9-20(28)10-6-18)23-14-17(3)4-13-22(23)33(25)31-24/h4-14,16H,15H2,1-3H3,(H,29,34). The fourth-order valence-corrected chi connectivity index (χ4v) is 4.17. The SMILES string of the molecule is Cc1ccc2c(c1)n(Cc1ccc(Cl)cc1)c(=O)c1nc(C(=O)Nc3ccc(C(C)C)cc3)nn12. The summed E-state index contributed by atoms with van der Waals surface area (Å²) in [5.74, 6) is -0.150. The predicted molar refractivity (Wildman–Crippen MR) is 139 cm³/mol. The maximum absolute atomic E-state index is 13.5. The Balaban J connectivity index is 1.57. The number of rotatable bonds is 5. The van der Waals surface area contributed by atoms with Crippen LogP contribution >= 0.6 is 11.6 Å². The summed E-state index contributed by atoms with van der Waals surface area (Å²) in [4.78, 5) is 30.8. The van der Waals surface area contributed by atoms with E-state index in [0.717, 1.165) is 11.1 Å². The van der Waals surface area contributed by atoms with E-state index in [-0.39, 0.29) is 17.0 Å². The van der Waals surface area contributed by atoms with Gasteiger partial charge in [0.15, 0.2) is 0 Å². The molecule has 1 amide bonds. The summed E-state index contributed by atoms with van der Waals surface area (Å²) in [7, 11) is 0. The molecule has 0 radical (unpaired) electrons. The van der Waals surface area contributed by atoms with Crippen LogP contribution in [0.2, 0.25) is 5.02 Å². The molecule has 0 fully saturated rings. The minimum Gasteiger partial charge on any atom is -0.319 e. The normalized spacial score (nSPS) is 11.5. The highest BCUT2D eigenvalue weighted by Gasteiger charge is 2.19.